The van der Waals surface area contributed by atoms with Crippen molar-refractivity contribution in [2.45, 2.75) is 6.55 Å². The van der Waals surface area contributed by atoms with Crippen molar-refractivity contribution in [3.8, 4) is 17.1 Å². The lowest BCUT2D eigenvalue weighted by Crippen LogP contribution is -2.20. The Bertz CT molecular complexity index is 1190. The highest BCUT2D eigenvalue weighted by atomic mass is 35.5. The van der Waals surface area contributed by atoms with Gasteiger partial charge in [-0.05, 0) is 48.5 Å². The fraction of sp³-hybridized carbons (Fsp3) is 0.0909. The molecule has 1 N–H and O–H groups in total. The van der Waals surface area contributed by atoms with Crippen molar-refractivity contribution >= 4 is 34.2 Å². The van der Waals surface area contributed by atoms with Crippen LogP contribution in [-0.2, 0) is 4.79 Å². The first kappa shape index (κ1) is 19.8. The number of para-hydroxylation sites is 3. The number of benzene rings is 3. The Balaban J connectivity index is 1.48. The van der Waals surface area contributed by atoms with Crippen LogP contribution in [0, 0.1) is 0 Å². The van der Waals surface area contributed by atoms with Crippen LogP contribution in [0.3, 0.4) is 0 Å². The second-order valence-corrected chi connectivity index (χ2v) is 6.82. The van der Waals surface area contributed by atoms with Gasteiger partial charge in [0.15, 0.2) is 6.61 Å². The number of halogens is 3. The van der Waals surface area contributed by atoms with Gasteiger partial charge in [-0.3, -0.25) is 9.36 Å². The largest absolute Gasteiger partial charge is 0.482 e. The molecule has 5 nitrogen and oxygen atoms in total. The summed E-state index contributed by atoms with van der Waals surface area (Å²) in [4.78, 5) is 16.4. The van der Waals surface area contributed by atoms with E-state index in [1.165, 1.54) is 0 Å². The molecule has 1 heterocycles. The fourth-order valence-electron chi connectivity index (χ4n) is 3.05. The second kappa shape index (κ2) is 8.51. The zero-order chi connectivity index (χ0) is 21.1. The summed E-state index contributed by atoms with van der Waals surface area (Å²) in [7, 11) is 0. The Labute approximate surface area is 175 Å². The number of nitrogens with zero attached hydrogens (tertiary/aromatic N) is 2. The van der Waals surface area contributed by atoms with Gasteiger partial charge in [-0.15, -0.1) is 0 Å². The zero-order valence-corrected chi connectivity index (χ0v) is 16.3. The van der Waals surface area contributed by atoms with Crippen LogP contribution >= 0.6 is 11.6 Å². The van der Waals surface area contributed by atoms with Crippen molar-refractivity contribution in [1.29, 1.82) is 0 Å². The van der Waals surface area contributed by atoms with E-state index in [4.69, 9.17) is 16.3 Å². The first-order chi connectivity index (χ1) is 14.5. The molecule has 0 radical (unpaired) electrons. The van der Waals surface area contributed by atoms with Gasteiger partial charge in [0.1, 0.15) is 11.6 Å². The van der Waals surface area contributed by atoms with Crippen molar-refractivity contribution < 1.29 is 18.3 Å². The number of amides is 1. The summed E-state index contributed by atoms with van der Waals surface area (Å²) < 4.78 is 33.5. The standard InChI is InChI=1S/C22H16ClF2N3O2/c23-16-5-1-4-8-19(16)30-13-20(29)26-15-11-9-14(10-12-15)21-27-17-6-2-3-7-18(17)28(21)22(24)25/h1-12,22H,13H2,(H,26,29). The minimum atomic E-state index is -2.73. The molecule has 1 amide bonds. The van der Waals surface area contributed by atoms with Gasteiger partial charge in [0.05, 0.1) is 16.1 Å². The van der Waals surface area contributed by atoms with Crippen LogP contribution in [0.4, 0.5) is 14.5 Å². The quantitative estimate of drug-likeness (QED) is 0.425. The monoisotopic (exact) mass is 427 g/mol. The molecule has 0 aliphatic carbocycles. The number of ether oxygens (including phenoxy) is 1. The van der Waals surface area contributed by atoms with Gasteiger partial charge in [0, 0.05) is 11.3 Å². The third-order valence-corrected chi connectivity index (χ3v) is 4.73. The maximum atomic E-state index is 13.6. The predicted octanol–water partition coefficient (Wildman–Crippen LogP) is 5.77. The van der Waals surface area contributed by atoms with Crippen LogP contribution in [0.5, 0.6) is 5.75 Å². The Morgan fingerprint density at radius 3 is 2.47 bits per heavy atom. The molecular formula is C22H16ClF2N3O2. The van der Waals surface area contributed by atoms with E-state index >= 15 is 0 Å². The normalized spacial score (nSPS) is 11.1. The number of hydrogen-bond acceptors (Lipinski definition) is 3. The lowest BCUT2D eigenvalue weighted by Gasteiger charge is -2.10. The van der Waals surface area contributed by atoms with Gasteiger partial charge in [-0.25, -0.2) is 4.98 Å². The summed E-state index contributed by atoms with van der Waals surface area (Å²) >= 11 is 5.99. The summed E-state index contributed by atoms with van der Waals surface area (Å²) in [5, 5.41) is 3.11. The molecule has 3 aromatic carbocycles. The molecule has 0 bridgehead atoms. The first-order valence-electron chi connectivity index (χ1n) is 9.05. The van der Waals surface area contributed by atoms with E-state index in [0.29, 0.717) is 33.1 Å². The lowest BCUT2D eigenvalue weighted by molar-refractivity contribution is -0.118. The minimum absolute atomic E-state index is 0.158. The van der Waals surface area contributed by atoms with Crippen LogP contribution in [-0.4, -0.2) is 22.1 Å². The highest BCUT2D eigenvalue weighted by Gasteiger charge is 2.18. The fourth-order valence-corrected chi connectivity index (χ4v) is 3.24. The molecule has 0 aliphatic rings. The Hall–Kier alpha value is -3.45. The topological polar surface area (TPSA) is 56.1 Å². The number of aromatic nitrogens is 2. The summed E-state index contributed by atoms with van der Waals surface area (Å²) in [6, 6.07) is 20.1. The van der Waals surface area contributed by atoms with Gasteiger partial charge < -0.3 is 10.1 Å². The SMILES string of the molecule is O=C(COc1ccccc1Cl)Nc1ccc(-c2nc3ccccc3n2C(F)F)cc1. The number of imidazole rings is 1. The molecule has 30 heavy (non-hydrogen) atoms. The maximum absolute atomic E-state index is 13.6. The van der Waals surface area contributed by atoms with Gasteiger partial charge in [-0.2, -0.15) is 8.78 Å². The summed E-state index contributed by atoms with van der Waals surface area (Å²) in [6.45, 7) is -2.94. The molecule has 0 atom stereocenters. The number of alkyl halides is 2. The number of rotatable bonds is 6. The van der Waals surface area contributed by atoms with E-state index in [-0.39, 0.29) is 18.3 Å². The van der Waals surface area contributed by atoms with Gasteiger partial charge >= 0.3 is 6.55 Å². The Kier molecular flexibility index (Phi) is 5.63. The van der Waals surface area contributed by atoms with Crippen molar-refractivity contribution in [2.75, 3.05) is 11.9 Å². The molecule has 8 heteroatoms. The second-order valence-electron chi connectivity index (χ2n) is 6.42. The van der Waals surface area contributed by atoms with Crippen LogP contribution < -0.4 is 10.1 Å². The summed E-state index contributed by atoms with van der Waals surface area (Å²) in [6.07, 6.45) is 0. The molecule has 0 aliphatic heterocycles. The van der Waals surface area contributed by atoms with Gasteiger partial charge in [-0.1, -0.05) is 35.9 Å². The molecule has 0 saturated heterocycles. The molecular weight excluding hydrogens is 412 g/mol. The van der Waals surface area contributed by atoms with Crippen LogP contribution in [0.1, 0.15) is 6.55 Å². The molecule has 0 fully saturated rings. The molecule has 4 aromatic rings. The number of nitrogens with one attached hydrogen (secondary N) is 1. The summed E-state index contributed by atoms with van der Waals surface area (Å²) in [5.41, 5.74) is 1.86. The van der Waals surface area contributed by atoms with Gasteiger partial charge in [0.2, 0.25) is 0 Å². The maximum Gasteiger partial charge on any atom is 0.320 e. The van der Waals surface area contributed by atoms with Crippen molar-refractivity contribution in [3.05, 3.63) is 77.8 Å². The van der Waals surface area contributed by atoms with E-state index in [1.807, 2.05) is 0 Å². The lowest BCUT2D eigenvalue weighted by atomic mass is 10.2. The highest BCUT2D eigenvalue weighted by molar-refractivity contribution is 6.32. The number of anilines is 1. The molecule has 4 rings (SSSR count). The molecule has 0 unspecified atom stereocenters. The number of carbonyl (C=O) groups is 1. The molecule has 0 saturated carbocycles. The average Bonchev–Trinajstić information content (AvgIpc) is 3.13. The highest BCUT2D eigenvalue weighted by Crippen LogP contribution is 2.30. The Morgan fingerprint density at radius 1 is 1.03 bits per heavy atom. The van der Waals surface area contributed by atoms with E-state index in [2.05, 4.69) is 10.3 Å². The predicted molar refractivity (Wildman–Crippen MR) is 112 cm³/mol. The van der Waals surface area contributed by atoms with Crippen molar-refractivity contribution in [1.82, 2.24) is 9.55 Å². The van der Waals surface area contributed by atoms with E-state index < -0.39 is 6.55 Å². The van der Waals surface area contributed by atoms with E-state index in [1.54, 1.807) is 72.8 Å². The third kappa shape index (κ3) is 4.11. The smallest absolute Gasteiger partial charge is 0.320 e. The molecule has 0 spiro atoms. The number of hydrogen-bond donors (Lipinski definition) is 1. The number of carbonyl (C=O) groups excluding carboxylic acids is 1. The van der Waals surface area contributed by atoms with E-state index in [0.717, 1.165) is 4.57 Å². The number of fused-ring (bicyclic) bond motifs is 1. The van der Waals surface area contributed by atoms with E-state index in [9.17, 15) is 13.6 Å². The molecule has 152 valence electrons. The minimum Gasteiger partial charge on any atom is -0.482 e. The van der Waals surface area contributed by atoms with Crippen LogP contribution in [0.25, 0.3) is 22.4 Å². The van der Waals surface area contributed by atoms with Gasteiger partial charge in [0.25, 0.3) is 5.91 Å². The zero-order valence-electron chi connectivity index (χ0n) is 15.6. The molecule has 1 aromatic heterocycles. The Morgan fingerprint density at radius 2 is 1.73 bits per heavy atom. The van der Waals surface area contributed by atoms with Crippen molar-refractivity contribution in [2.24, 2.45) is 0 Å². The first-order valence-corrected chi connectivity index (χ1v) is 9.43. The average molecular weight is 428 g/mol. The van der Waals surface area contributed by atoms with Crippen LogP contribution in [0.15, 0.2) is 72.8 Å². The third-order valence-electron chi connectivity index (χ3n) is 4.41. The van der Waals surface area contributed by atoms with Crippen LogP contribution in [0.2, 0.25) is 5.02 Å². The van der Waals surface area contributed by atoms with Crippen molar-refractivity contribution in [3.63, 3.8) is 0 Å². The summed E-state index contributed by atoms with van der Waals surface area (Å²) in [5.74, 6) is 0.198.